The van der Waals surface area contributed by atoms with Crippen molar-refractivity contribution in [3.05, 3.63) is 47.5 Å². The average Bonchev–Trinajstić information content (AvgIpc) is 2.92. The van der Waals surface area contributed by atoms with Crippen molar-refractivity contribution in [2.45, 2.75) is 13.8 Å². The van der Waals surface area contributed by atoms with E-state index in [2.05, 4.69) is 79.5 Å². The molecule has 0 amide bonds. The molecule has 0 aliphatic heterocycles. The molecule has 2 aromatic carbocycles. The third-order valence-corrected chi connectivity index (χ3v) is 3.97. The molecule has 2 N–H and O–H groups in total. The van der Waals surface area contributed by atoms with Gasteiger partial charge < -0.3 is 15.2 Å². The van der Waals surface area contributed by atoms with Crippen LogP contribution in [0.1, 0.15) is 11.1 Å². The maximum atomic E-state index is 4.76. The smallest absolute Gasteiger partial charge is 0.138 e. The summed E-state index contributed by atoms with van der Waals surface area (Å²) in [5.74, 6) is 0.925. The molecule has 0 saturated heterocycles. The Bertz CT molecular complexity index is 800. The number of hydrogen-bond acceptors (Lipinski definition) is 3. The molecule has 0 atom stereocenters. The number of fused-ring (bicyclic) bond motifs is 1. The fourth-order valence-corrected chi connectivity index (χ4v) is 2.78. The number of nitrogens with zero attached hydrogens (tertiary/aromatic N) is 2. The van der Waals surface area contributed by atoms with Crippen LogP contribution in [-0.2, 0) is 0 Å². The van der Waals surface area contributed by atoms with Crippen molar-refractivity contribution in [3.63, 3.8) is 0 Å². The van der Waals surface area contributed by atoms with E-state index in [0.717, 1.165) is 41.2 Å². The van der Waals surface area contributed by atoms with E-state index in [4.69, 9.17) is 4.98 Å². The summed E-state index contributed by atoms with van der Waals surface area (Å²) in [6.07, 6.45) is 0. The monoisotopic (exact) mass is 308 g/mol. The average molecular weight is 308 g/mol. The van der Waals surface area contributed by atoms with E-state index in [9.17, 15) is 0 Å². The molecule has 1 aromatic heterocycles. The molecule has 0 radical (unpaired) electrons. The van der Waals surface area contributed by atoms with Crippen LogP contribution in [0.15, 0.2) is 36.4 Å². The maximum absolute atomic E-state index is 4.76. The summed E-state index contributed by atoms with van der Waals surface area (Å²) in [5, 5.41) is 3.43. The molecule has 0 fully saturated rings. The molecule has 0 unspecified atom stereocenters. The van der Waals surface area contributed by atoms with Crippen LogP contribution in [0.3, 0.4) is 0 Å². The van der Waals surface area contributed by atoms with Gasteiger partial charge in [0.25, 0.3) is 0 Å². The topological polar surface area (TPSA) is 44.0 Å². The standard InChI is InChI=1S/C19H24N4/c1-13-11-14(2)18-17(12-13)21-19(22-18)15-5-7-16(8-6-15)20-9-10-23(3)4/h5-8,11-12,20H,9-10H2,1-4H3,(H,21,22). The Labute approximate surface area is 137 Å². The summed E-state index contributed by atoms with van der Waals surface area (Å²) < 4.78 is 0. The Balaban J connectivity index is 1.80. The van der Waals surface area contributed by atoms with Gasteiger partial charge in [0.15, 0.2) is 0 Å². The van der Waals surface area contributed by atoms with E-state index in [1.54, 1.807) is 0 Å². The van der Waals surface area contributed by atoms with Crippen LogP contribution in [0.2, 0.25) is 0 Å². The van der Waals surface area contributed by atoms with E-state index in [1.807, 2.05) is 0 Å². The van der Waals surface area contributed by atoms with Gasteiger partial charge in [-0.15, -0.1) is 0 Å². The normalized spacial score (nSPS) is 11.3. The van der Waals surface area contributed by atoms with Gasteiger partial charge in [-0.3, -0.25) is 0 Å². The Morgan fingerprint density at radius 3 is 2.52 bits per heavy atom. The zero-order valence-corrected chi connectivity index (χ0v) is 14.3. The second-order valence-electron chi connectivity index (χ2n) is 6.37. The summed E-state index contributed by atoms with van der Waals surface area (Å²) >= 11 is 0. The van der Waals surface area contributed by atoms with Crippen molar-refractivity contribution >= 4 is 16.7 Å². The number of H-pyrrole nitrogens is 1. The summed E-state index contributed by atoms with van der Waals surface area (Å²) in [4.78, 5) is 10.4. The minimum absolute atomic E-state index is 0.925. The van der Waals surface area contributed by atoms with E-state index >= 15 is 0 Å². The van der Waals surface area contributed by atoms with Gasteiger partial charge in [-0.1, -0.05) is 6.07 Å². The summed E-state index contributed by atoms with van der Waals surface area (Å²) in [6, 6.07) is 12.8. The van der Waals surface area contributed by atoms with Crippen molar-refractivity contribution in [3.8, 4) is 11.4 Å². The zero-order chi connectivity index (χ0) is 16.4. The highest BCUT2D eigenvalue weighted by Gasteiger charge is 2.08. The molecule has 0 aliphatic rings. The highest BCUT2D eigenvalue weighted by molar-refractivity contribution is 5.83. The van der Waals surface area contributed by atoms with Crippen LogP contribution in [0.5, 0.6) is 0 Å². The number of hydrogen-bond donors (Lipinski definition) is 2. The molecular formula is C19H24N4. The molecule has 120 valence electrons. The molecule has 0 spiro atoms. The number of benzene rings is 2. The van der Waals surface area contributed by atoms with Crippen molar-refractivity contribution in [1.29, 1.82) is 0 Å². The van der Waals surface area contributed by atoms with Gasteiger partial charge in [-0.2, -0.15) is 0 Å². The molecule has 0 bridgehead atoms. The minimum atomic E-state index is 0.925. The van der Waals surface area contributed by atoms with Crippen LogP contribution in [0.4, 0.5) is 5.69 Å². The quantitative estimate of drug-likeness (QED) is 0.753. The summed E-state index contributed by atoms with van der Waals surface area (Å²) in [6.45, 7) is 6.18. The van der Waals surface area contributed by atoms with Gasteiger partial charge >= 0.3 is 0 Å². The third kappa shape index (κ3) is 3.54. The van der Waals surface area contributed by atoms with Gasteiger partial charge in [0.05, 0.1) is 11.0 Å². The van der Waals surface area contributed by atoms with Gasteiger partial charge in [-0.25, -0.2) is 4.98 Å². The SMILES string of the molecule is Cc1cc(C)c2nc(-c3ccc(NCCN(C)C)cc3)[nH]c2c1. The van der Waals surface area contributed by atoms with E-state index in [0.29, 0.717) is 0 Å². The zero-order valence-electron chi connectivity index (χ0n) is 14.3. The second-order valence-corrected chi connectivity index (χ2v) is 6.37. The van der Waals surface area contributed by atoms with Crippen LogP contribution >= 0.6 is 0 Å². The number of anilines is 1. The second kappa shape index (κ2) is 6.42. The molecule has 4 heteroatoms. The number of imidazole rings is 1. The first-order chi connectivity index (χ1) is 11.0. The first-order valence-electron chi connectivity index (χ1n) is 7.99. The van der Waals surface area contributed by atoms with E-state index in [1.165, 1.54) is 11.1 Å². The lowest BCUT2D eigenvalue weighted by molar-refractivity contribution is 0.425. The minimum Gasteiger partial charge on any atom is -0.384 e. The number of aromatic amines is 1. The predicted octanol–water partition coefficient (Wildman–Crippen LogP) is 3.82. The molecule has 0 saturated carbocycles. The van der Waals surface area contributed by atoms with Crippen molar-refractivity contribution < 1.29 is 0 Å². The molecule has 0 aliphatic carbocycles. The van der Waals surface area contributed by atoms with Crippen LogP contribution in [0.25, 0.3) is 22.4 Å². The summed E-state index contributed by atoms with van der Waals surface area (Å²) in [7, 11) is 4.16. The maximum Gasteiger partial charge on any atom is 0.138 e. The molecule has 3 rings (SSSR count). The third-order valence-electron chi connectivity index (χ3n) is 3.97. The van der Waals surface area contributed by atoms with Gasteiger partial charge in [0.2, 0.25) is 0 Å². The Morgan fingerprint density at radius 1 is 1.09 bits per heavy atom. The van der Waals surface area contributed by atoms with Crippen molar-refractivity contribution in [2.75, 3.05) is 32.5 Å². The van der Waals surface area contributed by atoms with Crippen molar-refractivity contribution in [2.24, 2.45) is 0 Å². The van der Waals surface area contributed by atoms with Gasteiger partial charge in [-0.05, 0) is 69.4 Å². The Kier molecular flexibility index (Phi) is 4.35. The first kappa shape index (κ1) is 15.6. The fourth-order valence-electron chi connectivity index (χ4n) is 2.78. The van der Waals surface area contributed by atoms with Gasteiger partial charge in [0, 0.05) is 24.3 Å². The molecular weight excluding hydrogens is 284 g/mol. The largest absolute Gasteiger partial charge is 0.384 e. The fraction of sp³-hybridized carbons (Fsp3) is 0.316. The number of rotatable bonds is 5. The number of nitrogens with one attached hydrogen (secondary N) is 2. The van der Waals surface area contributed by atoms with Crippen LogP contribution in [-0.4, -0.2) is 42.1 Å². The molecule has 3 aromatic rings. The Hall–Kier alpha value is -2.33. The summed E-state index contributed by atoms with van der Waals surface area (Å²) in [5.41, 5.74) is 6.87. The lowest BCUT2D eigenvalue weighted by Gasteiger charge is -2.11. The number of aromatic nitrogens is 2. The Morgan fingerprint density at radius 2 is 1.83 bits per heavy atom. The number of likely N-dealkylation sites (N-methyl/N-ethyl adjacent to an activating group) is 1. The highest BCUT2D eigenvalue weighted by Crippen LogP contribution is 2.24. The molecule has 1 heterocycles. The predicted molar refractivity (Wildman–Crippen MR) is 98.0 cm³/mol. The first-order valence-corrected chi connectivity index (χ1v) is 7.99. The lowest BCUT2D eigenvalue weighted by Crippen LogP contribution is -2.20. The van der Waals surface area contributed by atoms with E-state index in [-0.39, 0.29) is 0 Å². The highest BCUT2D eigenvalue weighted by atomic mass is 15.1. The lowest BCUT2D eigenvalue weighted by atomic mass is 10.1. The van der Waals surface area contributed by atoms with Crippen LogP contribution < -0.4 is 5.32 Å². The molecule has 4 nitrogen and oxygen atoms in total. The van der Waals surface area contributed by atoms with Crippen LogP contribution in [0, 0.1) is 13.8 Å². The van der Waals surface area contributed by atoms with Gasteiger partial charge in [0.1, 0.15) is 5.82 Å². The number of aryl methyl sites for hydroxylation is 2. The molecule has 23 heavy (non-hydrogen) atoms. The van der Waals surface area contributed by atoms with Crippen molar-refractivity contribution in [1.82, 2.24) is 14.9 Å². The van der Waals surface area contributed by atoms with E-state index < -0.39 is 0 Å².